The van der Waals surface area contributed by atoms with Crippen molar-refractivity contribution in [2.45, 2.75) is 38.8 Å². The van der Waals surface area contributed by atoms with Crippen molar-refractivity contribution in [2.24, 2.45) is 7.05 Å². The molecule has 1 fully saturated rings. The number of hydrogen-bond donors (Lipinski definition) is 1. The number of aromatic nitrogens is 4. The lowest BCUT2D eigenvalue weighted by Gasteiger charge is -2.24. The fourth-order valence-electron chi connectivity index (χ4n) is 2.68. The van der Waals surface area contributed by atoms with Gasteiger partial charge in [0.25, 0.3) is 0 Å². The molecule has 0 spiro atoms. The van der Waals surface area contributed by atoms with Crippen LogP contribution in [0, 0.1) is 6.92 Å². The average Bonchev–Trinajstić information content (AvgIpc) is 3.02. The molecule has 0 saturated carbocycles. The van der Waals surface area contributed by atoms with E-state index in [0.29, 0.717) is 6.04 Å². The first-order valence-electron chi connectivity index (χ1n) is 7.33. The molecular formula is C14H21N5OS. The first-order chi connectivity index (χ1) is 10.1. The van der Waals surface area contributed by atoms with Gasteiger partial charge in [0.15, 0.2) is 0 Å². The Bertz CT molecular complexity index is 621. The zero-order valence-electron chi connectivity index (χ0n) is 12.7. The van der Waals surface area contributed by atoms with Crippen LogP contribution >= 0.6 is 11.8 Å². The summed E-state index contributed by atoms with van der Waals surface area (Å²) in [5.41, 5.74) is 2.72. The monoisotopic (exact) mass is 307 g/mol. The van der Waals surface area contributed by atoms with Gasteiger partial charge in [0, 0.05) is 13.1 Å². The number of carbonyl (C=O) groups is 1. The van der Waals surface area contributed by atoms with Crippen molar-refractivity contribution in [3.05, 3.63) is 11.9 Å². The van der Waals surface area contributed by atoms with Gasteiger partial charge in [-0.25, -0.2) is 0 Å². The molecule has 1 saturated heterocycles. The molecule has 3 rings (SSSR count). The van der Waals surface area contributed by atoms with Crippen LogP contribution < -0.4 is 5.32 Å². The standard InChI is InChI=1S/C14H21N5OS/c1-9-13-12(18(3)16-9)8-19(17-13)10(2)14(20)15-11-4-6-21-7-5-11/h8,10-11H,4-7H2,1-3H3,(H,15,20). The van der Waals surface area contributed by atoms with Crippen LogP contribution in [-0.2, 0) is 11.8 Å². The Morgan fingerprint density at radius 1 is 1.43 bits per heavy atom. The third-order valence-corrected chi connectivity index (χ3v) is 5.10. The second kappa shape index (κ2) is 5.71. The molecule has 6 nitrogen and oxygen atoms in total. The molecule has 21 heavy (non-hydrogen) atoms. The molecular weight excluding hydrogens is 286 g/mol. The molecule has 1 aliphatic heterocycles. The first kappa shape index (κ1) is 14.4. The van der Waals surface area contributed by atoms with E-state index in [0.717, 1.165) is 41.1 Å². The van der Waals surface area contributed by atoms with Crippen LogP contribution in [0.4, 0.5) is 0 Å². The van der Waals surface area contributed by atoms with Gasteiger partial charge in [-0.3, -0.25) is 14.2 Å². The number of nitrogens with zero attached hydrogens (tertiary/aromatic N) is 4. The third kappa shape index (κ3) is 2.79. The van der Waals surface area contributed by atoms with Crippen molar-refractivity contribution in [1.29, 1.82) is 0 Å². The van der Waals surface area contributed by atoms with E-state index >= 15 is 0 Å². The Hall–Kier alpha value is -1.50. The van der Waals surface area contributed by atoms with Crippen molar-refractivity contribution in [1.82, 2.24) is 24.9 Å². The predicted molar refractivity (Wildman–Crippen MR) is 84.4 cm³/mol. The number of thioether (sulfide) groups is 1. The van der Waals surface area contributed by atoms with Gasteiger partial charge >= 0.3 is 0 Å². The van der Waals surface area contributed by atoms with Gasteiger partial charge in [0.2, 0.25) is 5.91 Å². The van der Waals surface area contributed by atoms with E-state index in [1.54, 1.807) is 9.36 Å². The van der Waals surface area contributed by atoms with Gasteiger partial charge in [0.1, 0.15) is 17.1 Å². The first-order valence-corrected chi connectivity index (χ1v) is 8.48. The zero-order valence-corrected chi connectivity index (χ0v) is 13.5. The minimum absolute atomic E-state index is 0.0466. The van der Waals surface area contributed by atoms with E-state index in [-0.39, 0.29) is 11.9 Å². The maximum absolute atomic E-state index is 12.4. The average molecular weight is 307 g/mol. The van der Waals surface area contributed by atoms with Gasteiger partial charge in [0.05, 0.1) is 11.9 Å². The van der Waals surface area contributed by atoms with Gasteiger partial charge in [-0.2, -0.15) is 22.0 Å². The molecule has 1 N–H and O–H groups in total. The van der Waals surface area contributed by atoms with Crippen LogP contribution in [0.5, 0.6) is 0 Å². The molecule has 1 unspecified atom stereocenters. The van der Waals surface area contributed by atoms with Crippen LogP contribution in [0.25, 0.3) is 11.0 Å². The SMILES string of the molecule is Cc1nn(C)c2cn(C(C)C(=O)NC3CCSCC3)nc12. The van der Waals surface area contributed by atoms with E-state index in [9.17, 15) is 4.79 Å². The fraction of sp³-hybridized carbons (Fsp3) is 0.643. The predicted octanol–water partition coefficient (Wildman–Crippen LogP) is 1.65. The summed E-state index contributed by atoms with van der Waals surface area (Å²) in [5, 5.41) is 12.0. The quantitative estimate of drug-likeness (QED) is 0.936. The van der Waals surface area contributed by atoms with E-state index in [2.05, 4.69) is 15.5 Å². The number of aryl methyl sites for hydroxylation is 2. The van der Waals surface area contributed by atoms with Gasteiger partial charge in [-0.15, -0.1) is 0 Å². The summed E-state index contributed by atoms with van der Waals surface area (Å²) in [4.78, 5) is 12.4. The molecule has 0 bridgehead atoms. The Morgan fingerprint density at radius 3 is 2.81 bits per heavy atom. The van der Waals surface area contributed by atoms with Crippen LogP contribution in [0.3, 0.4) is 0 Å². The Kier molecular flexibility index (Phi) is 3.93. The second-order valence-corrected chi connectivity index (χ2v) is 6.85. The molecule has 114 valence electrons. The Labute approximate surface area is 128 Å². The lowest BCUT2D eigenvalue weighted by atomic mass is 10.1. The summed E-state index contributed by atoms with van der Waals surface area (Å²) in [6, 6.07) is 0.0148. The lowest BCUT2D eigenvalue weighted by Crippen LogP contribution is -2.40. The van der Waals surface area contributed by atoms with Crippen molar-refractivity contribution in [3.8, 4) is 0 Å². The molecule has 2 aromatic heterocycles. The number of carbonyl (C=O) groups excluding carboxylic acids is 1. The molecule has 0 radical (unpaired) electrons. The highest BCUT2D eigenvalue weighted by molar-refractivity contribution is 7.99. The van der Waals surface area contributed by atoms with Crippen LogP contribution in [-0.4, -0.2) is 43.0 Å². The van der Waals surface area contributed by atoms with Crippen molar-refractivity contribution >= 4 is 28.7 Å². The van der Waals surface area contributed by atoms with Crippen molar-refractivity contribution < 1.29 is 4.79 Å². The normalized spacial score (nSPS) is 18.0. The smallest absolute Gasteiger partial charge is 0.244 e. The van der Waals surface area contributed by atoms with E-state index in [4.69, 9.17) is 0 Å². The molecule has 0 aliphatic carbocycles. The summed E-state index contributed by atoms with van der Waals surface area (Å²) in [6.45, 7) is 3.83. The van der Waals surface area contributed by atoms with Gasteiger partial charge < -0.3 is 5.32 Å². The van der Waals surface area contributed by atoms with Crippen LogP contribution in [0.2, 0.25) is 0 Å². The summed E-state index contributed by atoms with van der Waals surface area (Å²) in [5.74, 6) is 2.32. The number of nitrogens with one attached hydrogen (secondary N) is 1. The number of hydrogen-bond acceptors (Lipinski definition) is 4. The minimum atomic E-state index is -0.300. The highest BCUT2D eigenvalue weighted by atomic mass is 32.2. The fourth-order valence-corrected chi connectivity index (χ4v) is 3.79. The van der Waals surface area contributed by atoms with E-state index in [1.807, 2.05) is 38.9 Å². The third-order valence-electron chi connectivity index (χ3n) is 4.05. The molecule has 1 aliphatic rings. The molecule has 2 aromatic rings. The Balaban J connectivity index is 1.74. The highest BCUT2D eigenvalue weighted by Crippen LogP contribution is 2.20. The number of amides is 1. The molecule has 7 heteroatoms. The number of fused-ring (bicyclic) bond motifs is 1. The summed E-state index contributed by atoms with van der Waals surface area (Å²) >= 11 is 1.96. The molecule has 1 amide bonds. The maximum Gasteiger partial charge on any atom is 0.244 e. The van der Waals surface area contributed by atoms with Crippen LogP contribution in [0.1, 0.15) is 31.5 Å². The van der Waals surface area contributed by atoms with Gasteiger partial charge in [-0.05, 0) is 38.2 Å². The lowest BCUT2D eigenvalue weighted by molar-refractivity contribution is -0.124. The number of rotatable bonds is 3. The van der Waals surface area contributed by atoms with E-state index < -0.39 is 0 Å². The summed E-state index contributed by atoms with van der Waals surface area (Å²) < 4.78 is 3.55. The topological polar surface area (TPSA) is 64.7 Å². The summed E-state index contributed by atoms with van der Waals surface area (Å²) in [6.07, 6.45) is 4.02. The highest BCUT2D eigenvalue weighted by Gasteiger charge is 2.22. The second-order valence-electron chi connectivity index (χ2n) is 5.62. The maximum atomic E-state index is 12.4. The minimum Gasteiger partial charge on any atom is -0.351 e. The van der Waals surface area contributed by atoms with E-state index in [1.165, 1.54) is 0 Å². The molecule has 3 heterocycles. The Morgan fingerprint density at radius 2 is 2.14 bits per heavy atom. The largest absolute Gasteiger partial charge is 0.351 e. The zero-order chi connectivity index (χ0) is 15.0. The molecule has 0 aromatic carbocycles. The van der Waals surface area contributed by atoms with Gasteiger partial charge in [-0.1, -0.05) is 0 Å². The van der Waals surface area contributed by atoms with Crippen molar-refractivity contribution in [3.63, 3.8) is 0 Å². The van der Waals surface area contributed by atoms with Crippen LogP contribution in [0.15, 0.2) is 6.20 Å². The summed E-state index contributed by atoms with van der Waals surface area (Å²) in [7, 11) is 1.89. The molecule has 1 atom stereocenters. The van der Waals surface area contributed by atoms with Crippen molar-refractivity contribution in [2.75, 3.05) is 11.5 Å².